The van der Waals surface area contributed by atoms with Crippen LogP contribution in [0.2, 0.25) is 0 Å². The van der Waals surface area contributed by atoms with Gasteiger partial charge in [-0.15, -0.1) is 0 Å². The highest BCUT2D eigenvalue weighted by Gasteiger charge is 2.31. The summed E-state index contributed by atoms with van der Waals surface area (Å²) in [7, 11) is 2.09. The minimum absolute atomic E-state index is 0.107. The van der Waals surface area contributed by atoms with E-state index in [1.165, 1.54) is 18.5 Å². The van der Waals surface area contributed by atoms with Gasteiger partial charge in [-0.2, -0.15) is 0 Å². The van der Waals surface area contributed by atoms with E-state index in [1.807, 2.05) is 6.92 Å². The van der Waals surface area contributed by atoms with Gasteiger partial charge in [-0.25, -0.2) is 22.5 Å². The summed E-state index contributed by atoms with van der Waals surface area (Å²) < 4.78 is 58.2. The molecule has 43 heavy (non-hydrogen) atoms. The zero-order valence-electron chi connectivity index (χ0n) is 25.0. The van der Waals surface area contributed by atoms with Crippen LogP contribution in [-0.2, 0) is 24.2 Å². The molecule has 0 radical (unpaired) electrons. The van der Waals surface area contributed by atoms with Crippen molar-refractivity contribution in [2.24, 2.45) is 5.41 Å². The molecule has 2 aromatic carbocycles. The Morgan fingerprint density at radius 3 is 2.67 bits per heavy atom. The molecule has 3 aromatic rings. The zero-order chi connectivity index (χ0) is 30.7. The maximum Gasteiger partial charge on any atom is 0.242 e. The van der Waals surface area contributed by atoms with Crippen LogP contribution >= 0.6 is 0 Å². The maximum atomic E-state index is 14.4. The predicted octanol–water partition coefficient (Wildman–Crippen LogP) is 5.11. The van der Waals surface area contributed by atoms with Crippen molar-refractivity contribution >= 4 is 11.7 Å². The number of nitrogens with one attached hydrogen (secondary N) is 3. The second-order valence-corrected chi connectivity index (χ2v) is 12.4. The van der Waals surface area contributed by atoms with Crippen molar-refractivity contribution in [3.05, 3.63) is 76.7 Å². The first-order valence-electron chi connectivity index (χ1n) is 15.0. The van der Waals surface area contributed by atoms with Gasteiger partial charge < -0.3 is 25.4 Å². The average molecular weight is 601 g/mol. The van der Waals surface area contributed by atoms with Crippen LogP contribution in [0.15, 0.2) is 36.8 Å². The molecule has 0 bridgehead atoms. The third-order valence-corrected chi connectivity index (χ3v) is 8.65. The Morgan fingerprint density at radius 1 is 1.14 bits per heavy atom. The Labute approximate surface area is 250 Å². The Balaban J connectivity index is 1.25. The fraction of sp³-hybridized carbons (Fsp3) is 0.500. The van der Waals surface area contributed by atoms with Crippen LogP contribution in [0.3, 0.4) is 0 Å². The Morgan fingerprint density at radius 2 is 1.93 bits per heavy atom. The molecule has 3 N–H and O–H groups in total. The predicted molar refractivity (Wildman–Crippen MR) is 158 cm³/mol. The number of anilines is 1. The monoisotopic (exact) mass is 600 g/mol. The summed E-state index contributed by atoms with van der Waals surface area (Å²) in [5, 5.41) is 9.61. The van der Waals surface area contributed by atoms with Crippen molar-refractivity contribution in [2.75, 3.05) is 32.0 Å². The topological polar surface area (TPSA) is 74.2 Å². The molecule has 1 fully saturated rings. The maximum absolute atomic E-state index is 14.4. The SMILES string of the molecule is CCC[C@@H](N[C@H]1CCc2cc(F)cc(F)c2C1)C(=O)Nc1cn(-c2cc(F)c(F)cc2CNCC2(C)CCN(C)C2)cn1. The van der Waals surface area contributed by atoms with E-state index in [1.54, 1.807) is 10.8 Å². The largest absolute Gasteiger partial charge is 0.312 e. The van der Waals surface area contributed by atoms with Gasteiger partial charge in [-0.3, -0.25) is 4.79 Å². The third-order valence-electron chi connectivity index (χ3n) is 8.65. The van der Waals surface area contributed by atoms with E-state index in [2.05, 4.69) is 39.8 Å². The van der Waals surface area contributed by atoms with Crippen LogP contribution in [0.4, 0.5) is 23.4 Å². The number of halogens is 4. The molecule has 0 spiro atoms. The average Bonchev–Trinajstić information content (AvgIpc) is 3.56. The normalized spacial score (nSPS) is 21.1. The second kappa shape index (κ2) is 13.2. The van der Waals surface area contributed by atoms with Crippen molar-refractivity contribution in [1.29, 1.82) is 0 Å². The van der Waals surface area contributed by atoms with E-state index in [0.717, 1.165) is 44.6 Å². The number of hydrogen-bond donors (Lipinski definition) is 3. The summed E-state index contributed by atoms with van der Waals surface area (Å²) in [5.74, 6) is -3.06. The summed E-state index contributed by atoms with van der Waals surface area (Å²) in [6.07, 6.45) is 6.93. The van der Waals surface area contributed by atoms with Crippen LogP contribution in [-0.4, -0.2) is 59.1 Å². The molecule has 3 atom stereocenters. The van der Waals surface area contributed by atoms with E-state index in [9.17, 15) is 22.4 Å². The van der Waals surface area contributed by atoms with Crippen LogP contribution in [0.25, 0.3) is 5.69 Å². The minimum atomic E-state index is -0.970. The minimum Gasteiger partial charge on any atom is -0.312 e. The first kappa shape index (κ1) is 31.2. The fourth-order valence-corrected chi connectivity index (χ4v) is 6.40. The first-order valence-corrected chi connectivity index (χ1v) is 15.0. The van der Waals surface area contributed by atoms with E-state index in [0.29, 0.717) is 54.6 Å². The summed E-state index contributed by atoms with van der Waals surface area (Å²) in [4.78, 5) is 19.9. The number of imidazole rings is 1. The van der Waals surface area contributed by atoms with Gasteiger partial charge in [0.25, 0.3) is 0 Å². The fourth-order valence-electron chi connectivity index (χ4n) is 6.40. The van der Waals surface area contributed by atoms with E-state index < -0.39 is 29.3 Å². The number of rotatable bonds is 11. The van der Waals surface area contributed by atoms with Crippen molar-refractivity contribution in [1.82, 2.24) is 25.1 Å². The van der Waals surface area contributed by atoms with Crippen LogP contribution in [0.5, 0.6) is 0 Å². The number of aryl methyl sites for hydroxylation is 1. The number of nitrogens with zero attached hydrogens (tertiary/aromatic N) is 3. The van der Waals surface area contributed by atoms with Crippen LogP contribution in [0, 0.1) is 28.7 Å². The summed E-state index contributed by atoms with van der Waals surface area (Å²) in [5.41, 5.74) is 2.26. The second-order valence-electron chi connectivity index (χ2n) is 12.4. The van der Waals surface area contributed by atoms with Gasteiger partial charge in [0.15, 0.2) is 17.5 Å². The lowest BCUT2D eigenvalue weighted by atomic mass is 9.87. The molecule has 1 saturated heterocycles. The number of fused-ring (bicyclic) bond motifs is 1. The van der Waals surface area contributed by atoms with E-state index in [4.69, 9.17) is 0 Å². The standard InChI is InChI=1S/C32H40F4N6O/c1-4-5-28(39-23-7-6-20-10-22(33)12-25(34)24(20)13-23)31(43)40-30-16-42(19-38-30)29-14-27(36)26(35)11-21(29)15-37-17-32(2)8-9-41(3)18-32/h10-12,14,16,19,23,28,37,39H,4-9,13,15,17-18H2,1-3H3,(H,40,43)/t23-,28+,32?/m0/s1. The summed E-state index contributed by atoms with van der Waals surface area (Å²) >= 11 is 0. The smallest absolute Gasteiger partial charge is 0.242 e. The highest BCUT2D eigenvalue weighted by atomic mass is 19.2. The molecular weight excluding hydrogens is 560 g/mol. The number of carbonyl (C=O) groups is 1. The number of likely N-dealkylation sites (tertiary alicyclic amines) is 1. The van der Waals surface area contributed by atoms with Crippen LogP contribution < -0.4 is 16.0 Å². The molecule has 1 aliphatic heterocycles. The molecule has 7 nitrogen and oxygen atoms in total. The Bertz CT molecular complexity index is 1460. The van der Waals surface area contributed by atoms with Gasteiger partial charge in [0.2, 0.25) is 5.91 Å². The van der Waals surface area contributed by atoms with Gasteiger partial charge in [0, 0.05) is 37.8 Å². The number of hydrogen-bond acceptors (Lipinski definition) is 5. The van der Waals surface area contributed by atoms with Crippen molar-refractivity contribution in [3.8, 4) is 5.69 Å². The number of aromatic nitrogens is 2. The van der Waals surface area contributed by atoms with E-state index in [-0.39, 0.29) is 23.2 Å². The lowest BCUT2D eigenvalue weighted by molar-refractivity contribution is -0.118. The Hall–Kier alpha value is -3.28. The molecule has 1 aromatic heterocycles. The van der Waals surface area contributed by atoms with Gasteiger partial charge in [-0.1, -0.05) is 20.3 Å². The number of benzene rings is 2. The highest BCUT2D eigenvalue weighted by molar-refractivity contribution is 5.94. The van der Waals surface area contributed by atoms with Gasteiger partial charge in [0.05, 0.1) is 17.9 Å². The van der Waals surface area contributed by atoms with Crippen molar-refractivity contribution < 1.29 is 22.4 Å². The first-order chi connectivity index (χ1) is 20.5. The number of amides is 1. The van der Waals surface area contributed by atoms with E-state index >= 15 is 0 Å². The van der Waals surface area contributed by atoms with Gasteiger partial charge in [0.1, 0.15) is 18.0 Å². The quantitative estimate of drug-likeness (QED) is 0.267. The molecule has 0 saturated carbocycles. The summed E-state index contributed by atoms with van der Waals surface area (Å²) in [6, 6.07) is 3.92. The third kappa shape index (κ3) is 7.45. The lowest BCUT2D eigenvalue weighted by Crippen LogP contribution is -2.48. The van der Waals surface area contributed by atoms with Crippen molar-refractivity contribution in [2.45, 2.75) is 71.0 Å². The van der Waals surface area contributed by atoms with Gasteiger partial charge in [-0.05, 0) is 79.9 Å². The molecule has 1 unspecified atom stereocenters. The molecule has 11 heteroatoms. The summed E-state index contributed by atoms with van der Waals surface area (Å²) in [6.45, 7) is 7.26. The molecular formula is C32H40F4N6O. The van der Waals surface area contributed by atoms with Crippen LogP contribution in [0.1, 0.15) is 56.2 Å². The zero-order valence-corrected chi connectivity index (χ0v) is 25.0. The molecule has 2 aliphatic rings. The highest BCUT2D eigenvalue weighted by Crippen LogP contribution is 2.29. The molecule has 5 rings (SSSR count). The molecule has 2 heterocycles. The molecule has 1 amide bonds. The van der Waals surface area contributed by atoms with Crippen molar-refractivity contribution in [3.63, 3.8) is 0 Å². The molecule has 1 aliphatic carbocycles. The molecule has 232 valence electrons. The Kier molecular flexibility index (Phi) is 9.53. The lowest BCUT2D eigenvalue weighted by Gasteiger charge is -2.29. The van der Waals surface area contributed by atoms with Gasteiger partial charge >= 0.3 is 0 Å². The number of carbonyl (C=O) groups excluding carboxylic acids is 1.